The van der Waals surface area contributed by atoms with Gasteiger partial charge in [0.15, 0.2) is 0 Å². The molecule has 3 aliphatic carbocycles. The lowest BCUT2D eigenvalue weighted by Crippen LogP contribution is -2.50. The standard InChI is InChI=1S/C13H22N2O/c14-11-8-3-4-10(6-8)13(11)5-1-2-9(7-13)12(15)16/h8-11H,1-7,14H2,(H2,15,16)/t8-,9?,10?,11-,13?/m1/s1. The van der Waals surface area contributed by atoms with Gasteiger partial charge in [0.25, 0.3) is 0 Å². The molecule has 0 radical (unpaired) electrons. The van der Waals surface area contributed by atoms with Crippen molar-refractivity contribution in [3.8, 4) is 0 Å². The average Bonchev–Trinajstić information content (AvgIpc) is 2.84. The van der Waals surface area contributed by atoms with Gasteiger partial charge in [-0.1, -0.05) is 6.42 Å². The van der Waals surface area contributed by atoms with Gasteiger partial charge in [0.05, 0.1) is 0 Å². The average molecular weight is 222 g/mol. The molecule has 4 N–H and O–H groups in total. The fraction of sp³-hybridized carbons (Fsp3) is 0.923. The van der Waals surface area contributed by atoms with Crippen LogP contribution in [-0.2, 0) is 4.79 Å². The highest BCUT2D eigenvalue weighted by Gasteiger charge is 2.57. The van der Waals surface area contributed by atoms with Crippen molar-refractivity contribution in [3.63, 3.8) is 0 Å². The summed E-state index contributed by atoms with van der Waals surface area (Å²) < 4.78 is 0. The lowest BCUT2D eigenvalue weighted by molar-refractivity contribution is -0.125. The molecule has 0 aromatic heterocycles. The number of amides is 1. The molecule has 3 aliphatic rings. The minimum absolute atomic E-state index is 0.0964. The van der Waals surface area contributed by atoms with Crippen LogP contribution in [0.1, 0.15) is 44.9 Å². The molecule has 0 saturated heterocycles. The quantitative estimate of drug-likeness (QED) is 0.704. The SMILES string of the molecule is NC(=O)C1CCCC2(C1)C1CC[C@H](C1)[C@H]2N. The zero-order valence-corrected chi connectivity index (χ0v) is 9.82. The van der Waals surface area contributed by atoms with Gasteiger partial charge in [-0.2, -0.15) is 0 Å². The molecule has 3 rings (SSSR count). The van der Waals surface area contributed by atoms with Crippen LogP contribution in [0.25, 0.3) is 0 Å². The molecule has 3 saturated carbocycles. The highest BCUT2D eigenvalue weighted by Crippen LogP contribution is 2.61. The van der Waals surface area contributed by atoms with Crippen molar-refractivity contribution in [2.24, 2.45) is 34.6 Å². The van der Waals surface area contributed by atoms with Gasteiger partial charge >= 0.3 is 0 Å². The maximum Gasteiger partial charge on any atom is 0.220 e. The van der Waals surface area contributed by atoms with Gasteiger partial charge in [-0.05, 0) is 55.8 Å². The molecule has 3 unspecified atom stereocenters. The number of carbonyl (C=O) groups is 1. The molecular weight excluding hydrogens is 200 g/mol. The molecule has 1 spiro atoms. The first-order valence-electron chi connectivity index (χ1n) is 6.68. The fourth-order valence-corrected chi connectivity index (χ4v) is 4.86. The van der Waals surface area contributed by atoms with Gasteiger partial charge in [-0.3, -0.25) is 4.79 Å². The van der Waals surface area contributed by atoms with E-state index in [2.05, 4.69) is 0 Å². The summed E-state index contributed by atoms with van der Waals surface area (Å²) >= 11 is 0. The molecule has 2 bridgehead atoms. The minimum Gasteiger partial charge on any atom is -0.369 e. The Bertz CT molecular complexity index is 313. The predicted octanol–water partition coefficient (Wildman–Crippen LogP) is 1.41. The number of hydrogen-bond acceptors (Lipinski definition) is 2. The van der Waals surface area contributed by atoms with E-state index in [9.17, 15) is 4.79 Å². The highest BCUT2D eigenvalue weighted by atomic mass is 16.1. The molecule has 1 amide bonds. The van der Waals surface area contributed by atoms with Crippen molar-refractivity contribution in [3.05, 3.63) is 0 Å². The Balaban J connectivity index is 1.85. The Hall–Kier alpha value is -0.570. The van der Waals surface area contributed by atoms with Crippen LogP contribution < -0.4 is 11.5 Å². The van der Waals surface area contributed by atoms with Crippen LogP contribution in [0, 0.1) is 23.2 Å². The second kappa shape index (κ2) is 3.46. The Morgan fingerprint density at radius 2 is 2.06 bits per heavy atom. The van der Waals surface area contributed by atoms with Gasteiger partial charge in [0.2, 0.25) is 5.91 Å². The van der Waals surface area contributed by atoms with E-state index >= 15 is 0 Å². The van der Waals surface area contributed by atoms with Gasteiger partial charge in [0.1, 0.15) is 0 Å². The summed E-state index contributed by atoms with van der Waals surface area (Å²) in [5.41, 5.74) is 12.2. The topological polar surface area (TPSA) is 69.1 Å². The van der Waals surface area contributed by atoms with Gasteiger partial charge in [0, 0.05) is 12.0 Å². The number of carbonyl (C=O) groups excluding carboxylic acids is 1. The molecule has 3 fully saturated rings. The summed E-state index contributed by atoms with van der Waals surface area (Å²) in [5, 5.41) is 0. The van der Waals surface area contributed by atoms with Crippen molar-refractivity contribution < 1.29 is 4.79 Å². The van der Waals surface area contributed by atoms with E-state index in [0.717, 1.165) is 31.1 Å². The van der Waals surface area contributed by atoms with E-state index in [1.54, 1.807) is 0 Å². The van der Waals surface area contributed by atoms with Crippen molar-refractivity contribution in [1.29, 1.82) is 0 Å². The van der Waals surface area contributed by atoms with Crippen LogP contribution >= 0.6 is 0 Å². The minimum atomic E-state index is -0.103. The molecule has 5 atom stereocenters. The third kappa shape index (κ3) is 1.27. The number of fused-ring (bicyclic) bond motifs is 3. The first-order valence-corrected chi connectivity index (χ1v) is 6.68. The molecule has 3 nitrogen and oxygen atoms in total. The smallest absolute Gasteiger partial charge is 0.220 e. The number of hydrogen-bond donors (Lipinski definition) is 2. The third-order valence-corrected chi connectivity index (χ3v) is 5.68. The number of primary amides is 1. The Morgan fingerprint density at radius 3 is 2.69 bits per heavy atom. The summed E-state index contributed by atoms with van der Waals surface area (Å²) in [5.74, 6) is 1.51. The molecule has 3 heteroatoms. The zero-order valence-electron chi connectivity index (χ0n) is 9.82. The molecule has 0 heterocycles. The number of nitrogens with two attached hydrogens (primary N) is 2. The monoisotopic (exact) mass is 222 g/mol. The summed E-state index contributed by atoms with van der Waals surface area (Å²) in [7, 11) is 0. The maximum absolute atomic E-state index is 11.4. The predicted molar refractivity (Wildman–Crippen MR) is 62.4 cm³/mol. The van der Waals surface area contributed by atoms with Crippen LogP contribution in [0.4, 0.5) is 0 Å². The second-order valence-electron chi connectivity index (χ2n) is 6.22. The second-order valence-corrected chi connectivity index (χ2v) is 6.22. The molecular formula is C13H22N2O. The summed E-state index contributed by atoms with van der Waals surface area (Å²) in [6.07, 6.45) is 8.31. The van der Waals surface area contributed by atoms with Crippen LogP contribution in [0.2, 0.25) is 0 Å². The summed E-state index contributed by atoms with van der Waals surface area (Å²) in [4.78, 5) is 11.4. The molecule has 16 heavy (non-hydrogen) atoms. The van der Waals surface area contributed by atoms with Crippen LogP contribution in [-0.4, -0.2) is 11.9 Å². The van der Waals surface area contributed by atoms with Gasteiger partial charge in [-0.25, -0.2) is 0 Å². The molecule has 0 aliphatic heterocycles. The normalized spacial score (nSPS) is 51.1. The summed E-state index contributed by atoms with van der Waals surface area (Å²) in [6, 6.07) is 0.341. The van der Waals surface area contributed by atoms with Crippen molar-refractivity contribution in [2.45, 2.75) is 51.0 Å². The van der Waals surface area contributed by atoms with E-state index in [1.165, 1.54) is 25.7 Å². The van der Waals surface area contributed by atoms with Crippen LogP contribution in [0.3, 0.4) is 0 Å². The van der Waals surface area contributed by atoms with Crippen molar-refractivity contribution in [2.75, 3.05) is 0 Å². The third-order valence-electron chi connectivity index (χ3n) is 5.68. The number of rotatable bonds is 1. The molecule has 90 valence electrons. The maximum atomic E-state index is 11.4. The van der Waals surface area contributed by atoms with E-state index in [4.69, 9.17) is 11.5 Å². The first kappa shape index (κ1) is 10.6. The summed E-state index contributed by atoms with van der Waals surface area (Å²) in [6.45, 7) is 0. The van der Waals surface area contributed by atoms with Gasteiger partial charge < -0.3 is 11.5 Å². The Morgan fingerprint density at radius 1 is 1.25 bits per heavy atom. The molecule has 0 aromatic rings. The van der Waals surface area contributed by atoms with Crippen molar-refractivity contribution >= 4 is 5.91 Å². The van der Waals surface area contributed by atoms with E-state index < -0.39 is 0 Å². The zero-order chi connectivity index (χ0) is 11.3. The van der Waals surface area contributed by atoms with Crippen molar-refractivity contribution in [1.82, 2.24) is 0 Å². The fourth-order valence-electron chi connectivity index (χ4n) is 4.86. The van der Waals surface area contributed by atoms with Crippen LogP contribution in [0.15, 0.2) is 0 Å². The lowest BCUT2D eigenvalue weighted by Gasteiger charge is -2.47. The molecule has 0 aromatic carbocycles. The lowest BCUT2D eigenvalue weighted by atomic mass is 9.59. The largest absolute Gasteiger partial charge is 0.369 e. The Labute approximate surface area is 96.9 Å². The van der Waals surface area contributed by atoms with E-state index in [1.807, 2.05) is 0 Å². The van der Waals surface area contributed by atoms with E-state index in [-0.39, 0.29) is 17.2 Å². The van der Waals surface area contributed by atoms with E-state index in [0.29, 0.717) is 6.04 Å². The van der Waals surface area contributed by atoms with Gasteiger partial charge in [-0.15, -0.1) is 0 Å². The first-order chi connectivity index (χ1) is 7.63. The highest BCUT2D eigenvalue weighted by molar-refractivity contribution is 5.76. The van der Waals surface area contributed by atoms with Crippen LogP contribution in [0.5, 0.6) is 0 Å². The Kier molecular flexibility index (Phi) is 2.29.